The van der Waals surface area contributed by atoms with Gasteiger partial charge in [0, 0.05) is 32.4 Å². The van der Waals surface area contributed by atoms with E-state index in [1.165, 1.54) is 11.8 Å². The van der Waals surface area contributed by atoms with E-state index in [4.69, 9.17) is 0 Å². The normalized spacial score (nSPS) is 11.8. The lowest BCUT2D eigenvalue weighted by molar-refractivity contribution is -0.134. The monoisotopic (exact) mass is 334 g/mol. The second-order valence-corrected chi connectivity index (χ2v) is 5.78. The van der Waals surface area contributed by atoms with E-state index < -0.39 is 0 Å². The number of hydrogen-bond donors (Lipinski definition) is 2. The van der Waals surface area contributed by atoms with Crippen LogP contribution in [0.5, 0.6) is 0 Å². The summed E-state index contributed by atoms with van der Waals surface area (Å²) in [6, 6.07) is 6.50. The summed E-state index contributed by atoms with van der Waals surface area (Å²) in [6.45, 7) is 5.86. The number of hydrogen-bond acceptors (Lipinski definition) is 4. The van der Waals surface area contributed by atoms with Crippen molar-refractivity contribution in [2.45, 2.75) is 26.8 Å². The minimum Gasteiger partial charge on any atom is -0.347 e. The zero-order valence-corrected chi connectivity index (χ0v) is 14.9. The molecule has 0 unspecified atom stereocenters. The van der Waals surface area contributed by atoms with Crippen LogP contribution in [0, 0.1) is 0 Å². The average Bonchev–Trinajstić information content (AvgIpc) is 2.52. The molecule has 0 bridgehead atoms. The quantitative estimate of drug-likeness (QED) is 0.789. The van der Waals surface area contributed by atoms with Crippen molar-refractivity contribution in [2.75, 3.05) is 37.8 Å². The van der Waals surface area contributed by atoms with Gasteiger partial charge in [-0.05, 0) is 37.7 Å². The van der Waals surface area contributed by atoms with Gasteiger partial charge < -0.3 is 15.5 Å². The molecule has 1 aromatic rings. The predicted molar refractivity (Wildman–Crippen MR) is 94.8 cm³/mol. The van der Waals surface area contributed by atoms with Crippen molar-refractivity contribution in [1.82, 2.24) is 9.80 Å². The molecule has 0 aliphatic rings. The summed E-state index contributed by atoms with van der Waals surface area (Å²) in [5.41, 5.74) is 1.30. The van der Waals surface area contributed by atoms with Crippen molar-refractivity contribution in [3.05, 3.63) is 24.3 Å². The first kappa shape index (κ1) is 19.6. The van der Waals surface area contributed by atoms with Crippen LogP contribution in [0.1, 0.15) is 20.8 Å². The van der Waals surface area contributed by atoms with Gasteiger partial charge in [0.25, 0.3) is 0 Å². The maximum absolute atomic E-state index is 12.2. The Kier molecular flexibility index (Phi) is 7.38. The molecule has 0 aromatic heterocycles. The van der Waals surface area contributed by atoms with Crippen molar-refractivity contribution < 1.29 is 14.4 Å². The molecule has 7 nitrogen and oxygen atoms in total. The Morgan fingerprint density at radius 3 is 1.96 bits per heavy atom. The molecule has 0 aliphatic carbocycles. The first-order valence-corrected chi connectivity index (χ1v) is 7.87. The van der Waals surface area contributed by atoms with Gasteiger partial charge >= 0.3 is 0 Å². The highest BCUT2D eigenvalue weighted by atomic mass is 16.2. The van der Waals surface area contributed by atoms with Gasteiger partial charge in [0.05, 0.1) is 12.6 Å². The van der Waals surface area contributed by atoms with Crippen LogP contribution < -0.4 is 10.6 Å². The molecule has 24 heavy (non-hydrogen) atoms. The third-order valence-corrected chi connectivity index (χ3v) is 3.59. The van der Waals surface area contributed by atoms with Crippen LogP contribution in [0.2, 0.25) is 0 Å². The van der Waals surface area contributed by atoms with E-state index in [1.807, 2.05) is 11.8 Å². The fraction of sp³-hybridized carbons (Fsp3) is 0.471. The summed E-state index contributed by atoms with van der Waals surface area (Å²) >= 11 is 0. The van der Waals surface area contributed by atoms with Gasteiger partial charge in [-0.2, -0.15) is 0 Å². The van der Waals surface area contributed by atoms with Gasteiger partial charge in [0.1, 0.15) is 0 Å². The second kappa shape index (κ2) is 9.02. The molecule has 3 amide bonds. The number of benzene rings is 1. The zero-order chi connectivity index (χ0) is 18.3. The Balaban J connectivity index is 2.63. The summed E-state index contributed by atoms with van der Waals surface area (Å²) in [5.74, 6) is -0.378. The summed E-state index contributed by atoms with van der Waals surface area (Å²) in [4.78, 5) is 38.5. The zero-order valence-electron chi connectivity index (χ0n) is 14.9. The van der Waals surface area contributed by atoms with Crippen molar-refractivity contribution >= 4 is 29.1 Å². The molecule has 0 heterocycles. The topological polar surface area (TPSA) is 81.8 Å². The van der Waals surface area contributed by atoms with Crippen LogP contribution in [-0.2, 0) is 14.4 Å². The second-order valence-electron chi connectivity index (χ2n) is 5.78. The fourth-order valence-corrected chi connectivity index (χ4v) is 2.28. The van der Waals surface area contributed by atoms with E-state index in [9.17, 15) is 14.4 Å². The summed E-state index contributed by atoms with van der Waals surface area (Å²) in [5, 5.41) is 5.45. The lowest BCUT2D eigenvalue weighted by Gasteiger charge is -2.28. The lowest BCUT2D eigenvalue weighted by Crippen LogP contribution is -2.47. The number of anilines is 2. The van der Waals surface area contributed by atoms with Gasteiger partial charge in [0.15, 0.2) is 0 Å². The van der Waals surface area contributed by atoms with Crippen molar-refractivity contribution in [2.24, 2.45) is 0 Å². The lowest BCUT2D eigenvalue weighted by atomic mass is 10.2. The van der Waals surface area contributed by atoms with Crippen molar-refractivity contribution in [3.63, 3.8) is 0 Å². The number of likely N-dealkylation sites (N-methyl/N-ethyl adjacent to an activating group) is 2. The molecule has 0 saturated carbocycles. The van der Waals surface area contributed by atoms with Crippen LogP contribution in [-0.4, -0.2) is 60.7 Å². The third-order valence-electron chi connectivity index (χ3n) is 3.59. The molecular formula is C17H26N4O3. The highest BCUT2D eigenvalue weighted by Crippen LogP contribution is 2.13. The Morgan fingerprint density at radius 1 is 1.04 bits per heavy atom. The molecule has 2 N–H and O–H groups in total. The smallest absolute Gasteiger partial charge is 0.239 e. The number of rotatable bonds is 7. The third kappa shape index (κ3) is 6.00. The molecule has 1 aromatic carbocycles. The largest absolute Gasteiger partial charge is 0.347 e. The molecule has 0 radical (unpaired) electrons. The van der Waals surface area contributed by atoms with E-state index in [0.29, 0.717) is 17.9 Å². The highest BCUT2D eigenvalue weighted by molar-refractivity contribution is 5.93. The Hall–Kier alpha value is -2.41. The molecule has 0 saturated heterocycles. The van der Waals surface area contributed by atoms with Gasteiger partial charge in [-0.25, -0.2) is 0 Å². The number of amides is 3. The highest BCUT2D eigenvalue weighted by Gasteiger charge is 2.23. The van der Waals surface area contributed by atoms with Gasteiger partial charge in [-0.3, -0.25) is 19.3 Å². The summed E-state index contributed by atoms with van der Waals surface area (Å²) < 4.78 is 0. The summed E-state index contributed by atoms with van der Waals surface area (Å²) in [7, 11) is 3.40. The fourth-order valence-electron chi connectivity index (χ4n) is 2.28. The minimum absolute atomic E-state index is 0.0377. The Bertz CT molecular complexity index is 584. The van der Waals surface area contributed by atoms with E-state index in [0.717, 1.165) is 0 Å². The van der Waals surface area contributed by atoms with E-state index >= 15 is 0 Å². The molecular weight excluding hydrogens is 308 g/mol. The van der Waals surface area contributed by atoms with Crippen LogP contribution in [0.25, 0.3) is 0 Å². The Labute approximate surface area is 143 Å². The molecule has 0 aliphatic heterocycles. The van der Waals surface area contributed by atoms with E-state index in [2.05, 4.69) is 10.6 Å². The van der Waals surface area contributed by atoms with Crippen LogP contribution in [0.15, 0.2) is 24.3 Å². The molecule has 132 valence electrons. The van der Waals surface area contributed by atoms with Crippen LogP contribution >= 0.6 is 0 Å². The first-order chi connectivity index (χ1) is 11.2. The number of nitrogens with one attached hydrogen (secondary N) is 2. The summed E-state index contributed by atoms with van der Waals surface area (Å²) in [6.07, 6.45) is 0. The first-order valence-electron chi connectivity index (χ1n) is 7.87. The van der Waals surface area contributed by atoms with Crippen molar-refractivity contribution in [1.29, 1.82) is 0 Å². The molecule has 1 atom stereocenters. The van der Waals surface area contributed by atoms with Crippen LogP contribution in [0.3, 0.4) is 0 Å². The standard InChI is InChI=1S/C17H26N4O3/c1-6-21(12(2)17(24)20(4)5)11-16(23)19-15-9-7-14(8-10-15)18-13(3)22/h7-10,12H,6,11H2,1-5H3,(H,18,22)(H,19,23)/t12-/m1/s1. The maximum atomic E-state index is 12.2. The van der Waals surface area contributed by atoms with Gasteiger partial charge in [-0.15, -0.1) is 0 Å². The predicted octanol–water partition coefficient (Wildman–Crippen LogP) is 1.38. The number of nitrogens with zero attached hydrogens (tertiary/aromatic N) is 2. The van der Waals surface area contributed by atoms with Gasteiger partial charge in [-0.1, -0.05) is 6.92 Å². The minimum atomic E-state index is -0.363. The molecule has 0 fully saturated rings. The van der Waals surface area contributed by atoms with E-state index in [-0.39, 0.29) is 30.3 Å². The van der Waals surface area contributed by atoms with Crippen molar-refractivity contribution in [3.8, 4) is 0 Å². The van der Waals surface area contributed by atoms with E-state index in [1.54, 1.807) is 45.3 Å². The molecule has 0 spiro atoms. The molecule has 7 heteroatoms. The van der Waals surface area contributed by atoms with Crippen LogP contribution in [0.4, 0.5) is 11.4 Å². The average molecular weight is 334 g/mol. The SMILES string of the molecule is CCN(CC(=O)Nc1ccc(NC(C)=O)cc1)[C@H](C)C(=O)N(C)C. The number of carbonyl (C=O) groups excluding carboxylic acids is 3. The molecule has 1 rings (SSSR count). The van der Waals surface area contributed by atoms with Gasteiger partial charge in [0.2, 0.25) is 17.7 Å². The Morgan fingerprint density at radius 2 is 1.54 bits per heavy atom. The number of carbonyl (C=O) groups is 3. The maximum Gasteiger partial charge on any atom is 0.239 e.